The predicted octanol–water partition coefficient (Wildman–Crippen LogP) is 6.17. The van der Waals surface area contributed by atoms with Gasteiger partial charge in [-0.2, -0.15) is 0 Å². The number of Topliss-reactive ketones (excluding diaryl/α,β-unsaturated/α-hetero) is 1. The summed E-state index contributed by atoms with van der Waals surface area (Å²) >= 11 is 0. The second-order valence-corrected chi connectivity index (χ2v) is 9.32. The molecule has 0 bridgehead atoms. The van der Waals surface area contributed by atoms with Crippen molar-refractivity contribution in [2.24, 2.45) is 0 Å². The van der Waals surface area contributed by atoms with Crippen LogP contribution in [0.15, 0.2) is 119 Å². The Hall–Kier alpha value is -3.96. The third kappa shape index (κ3) is 3.43. The Kier molecular flexibility index (Phi) is 4.96. The third-order valence-electron chi connectivity index (χ3n) is 5.41. The summed E-state index contributed by atoms with van der Waals surface area (Å²) in [6.07, 6.45) is 1.46. The first kappa shape index (κ1) is 20.0. The topological polar surface area (TPSA) is 54.5 Å². The molecule has 156 valence electrons. The zero-order valence-electron chi connectivity index (χ0n) is 17.0. The number of rotatable bonds is 4. The maximum absolute atomic E-state index is 12.8. The van der Waals surface area contributed by atoms with Crippen molar-refractivity contribution in [3.63, 3.8) is 0 Å². The number of carbonyl (C=O) groups excluding carboxylic acids is 1. The largest absolute Gasteiger partial charge is 0.311 e. The molecule has 32 heavy (non-hydrogen) atoms. The molecular weight excluding hydrogens is 418 g/mol. The van der Waals surface area contributed by atoms with Crippen LogP contribution in [0.3, 0.4) is 0 Å². The van der Waals surface area contributed by atoms with E-state index in [1.54, 1.807) is 18.2 Å². The van der Waals surface area contributed by atoms with Gasteiger partial charge in [0.1, 0.15) is 4.91 Å². The Morgan fingerprint density at radius 2 is 1.09 bits per heavy atom. The van der Waals surface area contributed by atoms with Gasteiger partial charge in [-0.05, 0) is 60.2 Å². The molecule has 0 spiro atoms. The molecule has 0 saturated carbocycles. The van der Waals surface area contributed by atoms with E-state index in [9.17, 15) is 13.2 Å². The van der Waals surface area contributed by atoms with Crippen LogP contribution < -0.4 is 4.90 Å². The number of allylic oxidation sites excluding steroid dienone is 1. The highest BCUT2D eigenvalue weighted by atomic mass is 32.2. The lowest BCUT2D eigenvalue weighted by molar-refractivity contribution is 0.104. The number of anilines is 3. The first-order valence-corrected chi connectivity index (χ1v) is 11.6. The molecule has 0 radical (unpaired) electrons. The predicted molar refractivity (Wildman–Crippen MR) is 127 cm³/mol. The average Bonchev–Trinajstić information content (AvgIpc) is 3.02. The van der Waals surface area contributed by atoms with E-state index in [1.807, 2.05) is 84.9 Å². The molecule has 0 aromatic heterocycles. The van der Waals surface area contributed by atoms with E-state index in [1.165, 1.54) is 12.1 Å². The fourth-order valence-corrected chi connectivity index (χ4v) is 5.47. The van der Waals surface area contributed by atoms with Crippen LogP contribution in [-0.2, 0) is 9.84 Å². The molecule has 0 amide bonds. The number of ketones is 1. The second kappa shape index (κ2) is 7.94. The molecular formula is C27H19NO3S. The van der Waals surface area contributed by atoms with Crippen LogP contribution in [0.4, 0.5) is 17.1 Å². The number of carbonyl (C=O) groups is 1. The first-order chi connectivity index (χ1) is 15.6. The molecule has 1 aliphatic heterocycles. The van der Waals surface area contributed by atoms with Crippen LogP contribution in [0.1, 0.15) is 15.9 Å². The summed E-state index contributed by atoms with van der Waals surface area (Å²) in [4.78, 5) is 14.7. The standard InChI is InChI=1S/C27H19NO3S/c29-27-24-13-7-8-14-25(24)32(30,31)26(27)19-20-15-17-23(18-16-20)28(21-9-3-1-4-10-21)22-11-5-2-6-12-22/h1-19H/b26-19+. The summed E-state index contributed by atoms with van der Waals surface area (Å²) in [5, 5.41) is 0. The Labute approximate surface area is 187 Å². The summed E-state index contributed by atoms with van der Waals surface area (Å²) in [6.45, 7) is 0. The van der Waals surface area contributed by atoms with Gasteiger partial charge < -0.3 is 4.90 Å². The van der Waals surface area contributed by atoms with Gasteiger partial charge in [0.15, 0.2) is 0 Å². The van der Waals surface area contributed by atoms with Crippen molar-refractivity contribution in [2.45, 2.75) is 4.90 Å². The Morgan fingerprint density at radius 3 is 1.66 bits per heavy atom. The monoisotopic (exact) mass is 437 g/mol. The molecule has 0 aliphatic carbocycles. The first-order valence-electron chi connectivity index (χ1n) is 10.2. The Bertz CT molecular complexity index is 1390. The highest BCUT2D eigenvalue weighted by Crippen LogP contribution is 2.36. The SMILES string of the molecule is O=C1/C(=C\c2ccc(N(c3ccccc3)c3ccccc3)cc2)S(=O)(=O)c2ccccc21. The van der Waals surface area contributed by atoms with Crippen LogP contribution in [0.2, 0.25) is 0 Å². The molecule has 5 heteroatoms. The Balaban J connectivity index is 1.54. The van der Waals surface area contributed by atoms with E-state index < -0.39 is 15.6 Å². The van der Waals surface area contributed by atoms with E-state index >= 15 is 0 Å². The average molecular weight is 438 g/mol. The second-order valence-electron chi connectivity index (χ2n) is 7.44. The van der Waals surface area contributed by atoms with E-state index in [0.717, 1.165) is 17.1 Å². The van der Waals surface area contributed by atoms with Crippen molar-refractivity contribution in [3.05, 3.63) is 125 Å². The number of hydrogen-bond donors (Lipinski definition) is 0. The quantitative estimate of drug-likeness (QED) is 0.358. The van der Waals surface area contributed by atoms with Crippen LogP contribution in [0.25, 0.3) is 6.08 Å². The van der Waals surface area contributed by atoms with Crippen molar-refractivity contribution in [1.29, 1.82) is 0 Å². The summed E-state index contributed by atoms with van der Waals surface area (Å²) in [5.74, 6) is -0.458. The van der Waals surface area contributed by atoms with Gasteiger partial charge in [0, 0.05) is 22.6 Å². The lowest BCUT2D eigenvalue weighted by Gasteiger charge is -2.25. The van der Waals surface area contributed by atoms with Gasteiger partial charge in [-0.3, -0.25) is 4.79 Å². The van der Waals surface area contributed by atoms with Gasteiger partial charge in [0.25, 0.3) is 0 Å². The van der Waals surface area contributed by atoms with Crippen molar-refractivity contribution in [1.82, 2.24) is 0 Å². The van der Waals surface area contributed by atoms with Gasteiger partial charge in [-0.1, -0.05) is 60.7 Å². The number of nitrogens with zero attached hydrogens (tertiary/aromatic N) is 1. The molecule has 0 unspecified atom stereocenters. The minimum absolute atomic E-state index is 0.0761. The maximum atomic E-state index is 12.8. The van der Waals surface area contributed by atoms with Gasteiger partial charge in [-0.15, -0.1) is 0 Å². The zero-order chi connectivity index (χ0) is 22.1. The van der Waals surface area contributed by atoms with Crippen LogP contribution in [0, 0.1) is 0 Å². The molecule has 0 atom stereocenters. The number of benzene rings is 4. The Morgan fingerprint density at radius 1 is 0.594 bits per heavy atom. The lowest BCUT2D eigenvalue weighted by Crippen LogP contribution is -2.09. The van der Waals surface area contributed by atoms with Gasteiger partial charge in [0.05, 0.1) is 4.90 Å². The molecule has 0 saturated heterocycles. The van der Waals surface area contributed by atoms with E-state index in [0.29, 0.717) is 5.56 Å². The van der Waals surface area contributed by atoms with Crippen LogP contribution in [0.5, 0.6) is 0 Å². The van der Waals surface area contributed by atoms with E-state index in [4.69, 9.17) is 0 Å². The van der Waals surface area contributed by atoms with Crippen molar-refractivity contribution < 1.29 is 13.2 Å². The molecule has 1 aliphatic rings. The molecule has 4 nitrogen and oxygen atoms in total. The van der Waals surface area contributed by atoms with Gasteiger partial charge in [0.2, 0.25) is 15.6 Å². The van der Waals surface area contributed by atoms with Gasteiger partial charge in [-0.25, -0.2) is 8.42 Å². The molecule has 0 N–H and O–H groups in total. The number of hydrogen-bond acceptors (Lipinski definition) is 4. The fourth-order valence-electron chi connectivity index (χ4n) is 3.88. The maximum Gasteiger partial charge on any atom is 0.211 e. The third-order valence-corrected chi connectivity index (χ3v) is 7.23. The summed E-state index contributed by atoms with van der Waals surface area (Å²) in [5.41, 5.74) is 3.82. The molecule has 5 rings (SSSR count). The highest BCUT2D eigenvalue weighted by Gasteiger charge is 2.38. The smallest absolute Gasteiger partial charge is 0.211 e. The fraction of sp³-hybridized carbons (Fsp3) is 0. The minimum atomic E-state index is -3.81. The molecule has 4 aromatic rings. The summed E-state index contributed by atoms with van der Waals surface area (Å²) < 4.78 is 25.7. The van der Waals surface area contributed by atoms with Crippen molar-refractivity contribution in [2.75, 3.05) is 4.90 Å². The molecule has 0 fully saturated rings. The van der Waals surface area contributed by atoms with Crippen LogP contribution in [-0.4, -0.2) is 14.2 Å². The zero-order valence-corrected chi connectivity index (χ0v) is 17.9. The lowest BCUT2D eigenvalue weighted by atomic mass is 10.1. The normalized spacial score (nSPS) is 15.5. The van der Waals surface area contributed by atoms with Crippen molar-refractivity contribution >= 4 is 38.8 Å². The number of fused-ring (bicyclic) bond motifs is 1. The number of sulfone groups is 1. The van der Waals surface area contributed by atoms with E-state index in [2.05, 4.69) is 4.90 Å². The van der Waals surface area contributed by atoms with Crippen LogP contribution >= 0.6 is 0 Å². The number of para-hydroxylation sites is 2. The molecule has 4 aromatic carbocycles. The highest BCUT2D eigenvalue weighted by molar-refractivity contribution is 7.97. The summed E-state index contributed by atoms with van der Waals surface area (Å²) in [7, 11) is -3.81. The molecule has 1 heterocycles. The van der Waals surface area contributed by atoms with E-state index in [-0.39, 0.29) is 15.4 Å². The van der Waals surface area contributed by atoms with Gasteiger partial charge >= 0.3 is 0 Å². The van der Waals surface area contributed by atoms with Crippen molar-refractivity contribution in [3.8, 4) is 0 Å². The summed E-state index contributed by atoms with van der Waals surface area (Å²) in [6, 6.07) is 33.8. The minimum Gasteiger partial charge on any atom is -0.311 e.